The smallest absolute Gasteiger partial charge is 0.120 e. The van der Waals surface area contributed by atoms with E-state index in [-0.39, 0.29) is 0 Å². The number of aryl methyl sites for hydroxylation is 1. The van der Waals surface area contributed by atoms with Gasteiger partial charge >= 0.3 is 0 Å². The van der Waals surface area contributed by atoms with Crippen LogP contribution in [0.25, 0.3) is 0 Å². The molecule has 0 saturated carbocycles. The lowest BCUT2D eigenvalue weighted by Gasteiger charge is -2.27. The Labute approximate surface area is 150 Å². The third kappa shape index (κ3) is 4.07. The summed E-state index contributed by atoms with van der Waals surface area (Å²) in [4.78, 5) is 0. The highest BCUT2D eigenvalue weighted by Crippen LogP contribution is 2.38. The molecule has 2 aromatic rings. The fraction of sp³-hybridized carbons (Fsp3) is 0.429. The SMILES string of the molecule is COCCNc1cc(OC)ccc1C1CCc2cc(OC)ccc2C1. The molecule has 4 nitrogen and oxygen atoms in total. The maximum atomic E-state index is 5.40. The maximum Gasteiger partial charge on any atom is 0.120 e. The zero-order valence-electron chi connectivity index (χ0n) is 15.3. The molecule has 4 heteroatoms. The molecule has 0 spiro atoms. The molecular weight excluding hydrogens is 314 g/mol. The van der Waals surface area contributed by atoms with Gasteiger partial charge in [0.15, 0.2) is 0 Å². The fourth-order valence-corrected chi connectivity index (χ4v) is 3.58. The second-order valence-electron chi connectivity index (χ2n) is 6.45. The van der Waals surface area contributed by atoms with Crippen LogP contribution in [-0.2, 0) is 17.6 Å². The van der Waals surface area contributed by atoms with Gasteiger partial charge in [0.05, 0.1) is 20.8 Å². The number of benzene rings is 2. The molecule has 1 unspecified atom stereocenters. The van der Waals surface area contributed by atoms with Crippen LogP contribution in [0.3, 0.4) is 0 Å². The van der Waals surface area contributed by atoms with Crippen LogP contribution in [0.15, 0.2) is 36.4 Å². The Morgan fingerprint density at radius 3 is 2.48 bits per heavy atom. The molecule has 1 aliphatic rings. The number of hydrogen-bond acceptors (Lipinski definition) is 4. The Hall–Kier alpha value is -2.20. The quantitative estimate of drug-likeness (QED) is 0.772. The van der Waals surface area contributed by atoms with Crippen molar-refractivity contribution in [2.24, 2.45) is 0 Å². The van der Waals surface area contributed by atoms with Crippen molar-refractivity contribution in [3.05, 3.63) is 53.1 Å². The van der Waals surface area contributed by atoms with E-state index >= 15 is 0 Å². The normalized spacial score (nSPS) is 16.2. The van der Waals surface area contributed by atoms with Crippen molar-refractivity contribution in [3.8, 4) is 11.5 Å². The summed E-state index contributed by atoms with van der Waals surface area (Å²) in [6.07, 6.45) is 3.29. The van der Waals surface area contributed by atoms with Crippen molar-refractivity contribution in [2.45, 2.75) is 25.2 Å². The van der Waals surface area contributed by atoms with Crippen LogP contribution in [-0.4, -0.2) is 34.5 Å². The Morgan fingerprint density at radius 1 is 0.960 bits per heavy atom. The van der Waals surface area contributed by atoms with Crippen LogP contribution in [0, 0.1) is 0 Å². The molecule has 3 rings (SSSR count). The number of methoxy groups -OCH3 is 3. The summed E-state index contributed by atoms with van der Waals surface area (Å²) in [6.45, 7) is 1.47. The molecule has 0 heterocycles. The molecule has 0 amide bonds. The van der Waals surface area contributed by atoms with Gasteiger partial charge in [-0.2, -0.15) is 0 Å². The minimum atomic E-state index is 0.511. The van der Waals surface area contributed by atoms with Gasteiger partial charge in [-0.05, 0) is 60.1 Å². The summed E-state index contributed by atoms with van der Waals surface area (Å²) in [6, 6.07) is 12.8. The van der Waals surface area contributed by atoms with E-state index < -0.39 is 0 Å². The summed E-state index contributed by atoms with van der Waals surface area (Å²) in [5.41, 5.74) is 5.35. The van der Waals surface area contributed by atoms with E-state index in [1.165, 1.54) is 16.7 Å². The molecule has 25 heavy (non-hydrogen) atoms. The third-order valence-electron chi connectivity index (χ3n) is 4.96. The number of fused-ring (bicyclic) bond motifs is 1. The standard InChI is InChI=1S/C21H27NO3/c1-23-11-10-22-21-14-19(25-3)8-9-20(21)17-5-4-16-13-18(24-2)7-6-15(16)12-17/h6-9,13-14,17,22H,4-5,10-12H2,1-3H3. The molecule has 1 N–H and O–H groups in total. The molecule has 0 fully saturated rings. The second kappa shape index (κ2) is 8.26. The minimum Gasteiger partial charge on any atom is -0.497 e. The highest BCUT2D eigenvalue weighted by molar-refractivity contribution is 5.57. The lowest BCUT2D eigenvalue weighted by atomic mass is 9.79. The van der Waals surface area contributed by atoms with Crippen LogP contribution in [0.4, 0.5) is 5.69 Å². The van der Waals surface area contributed by atoms with Crippen LogP contribution in [0.5, 0.6) is 11.5 Å². The van der Waals surface area contributed by atoms with E-state index in [4.69, 9.17) is 14.2 Å². The maximum absolute atomic E-state index is 5.40. The first kappa shape index (κ1) is 17.6. The fourth-order valence-electron chi connectivity index (χ4n) is 3.58. The van der Waals surface area contributed by atoms with Gasteiger partial charge in [0.1, 0.15) is 11.5 Å². The lowest BCUT2D eigenvalue weighted by Crippen LogP contribution is -2.16. The predicted molar refractivity (Wildman–Crippen MR) is 101 cm³/mol. The van der Waals surface area contributed by atoms with Gasteiger partial charge < -0.3 is 19.5 Å². The molecule has 0 aliphatic heterocycles. The first-order valence-corrected chi connectivity index (χ1v) is 8.81. The summed E-state index contributed by atoms with van der Waals surface area (Å²) >= 11 is 0. The van der Waals surface area contributed by atoms with Crippen LogP contribution in [0.1, 0.15) is 29.0 Å². The Bertz CT molecular complexity index is 714. The Morgan fingerprint density at radius 2 is 1.72 bits per heavy atom. The Balaban J connectivity index is 1.83. The highest BCUT2D eigenvalue weighted by atomic mass is 16.5. The molecule has 1 atom stereocenters. The number of ether oxygens (including phenoxy) is 3. The van der Waals surface area contributed by atoms with Crippen molar-refractivity contribution in [1.82, 2.24) is 0 Å². The van der Waals surface area contributed by atoms with Crippen LogP contribution in [0.2, 0.25) is 0 Å². The molecular formula is C21H27NO3. The number of rotatable bonds is 7. The summed E-state index contributed by atoms with van der Waals surface area (Å²) in [5.74, 6) is 2.34. The first-order chi connectivity index (χ1) is 12.2. The van der Waals surface area contributed by atoms with Gasteiger partial charge in [-0.1, -0.05) is 12.1 Å². The summed E-state index contributed by atoms with van der Waals surface area (Å²) in [5, 5.41) is 3.50. The zero-order chi connectivity index (χ0) is 17.6. The molecule has 134 valence electrons. The van der Waals surface area contributed by atoms with Gasteiger partial charge in [-0.25, -0.2) is 0 Å². The molecule has 2 aromatic carbocycles. The van der Waals surface area contributed by atoms with E-state index in [1.807, 2.05) is 0 Å². The molecule has 1 aliphatic carbocycles. The molecule has 0 bridgehead atoms. The molecule has 0 radical (unpaired) electrons. The topological polar surface area (TPSA) is 39.7 Å². The van der Waals surface area contributed by atoms with Gasteiger partial charge in [0.25, 0.3) is 0 Å². The van der Waals surface area contributed by atoms with E-state index in [0.29, 0.717) is 12.5 Å². The average molecular weight is 341 g/mol. The van der Waals surface area contributed by atoms with E-state index in [9.17, 15) is 0 Å². The molecule has 0 aromatic heterocycles. The van der Waals surface area contributed by atoms with E-state index in [1.54, 1.807) is 21.3 Å². The van der Waals surface area contributed by atoms with Gasteiger partial charge in [0.2, 0.25) is 0 Å². The monoisotopic (exact) mass is 341 g/mol. The van der Waals surface area contributed by atoms with Crippen molar-refractivity contribution in [2.75, 3.05) is 39.8 Å². The summed E-state index contributed by atoms with van der Waals surface area (Å²) in [7, 11) is 5.15. The second-order valence-corrected chi connectivity index (χ2v) is 6.45. The predicted octanol–water partition coefficient (Wildman–Crippen LogP) is 4.03. The first-order valence-electron chi connectivity index (χ1n) is 8.81. The number of anilines is 1. The largest absolute Gasteiger partial charge is 0.497 e. The third-order valence-corrected chi connectivity index (χ3v) is 4.96. The van der Waals surface area contributed by atoms with Crippen molar-refractivity contribution >= 4 is 5.69 Å². The van der Waals surface area contributed by atoms with Crippen molar-refractivity contribution in [1.29, 1.82) is 0 Å². The molecule has 0 saturated heterocycles. The minimum absolute atomic E-state index is 0.511. The number of nitrogens with one attached hydrogen (secondary N) is 1. The van der Waals surface area contributed by atoms with Gasteiger partial charge in [0, 0.05) is 25.4 Å². The number of hydrogen-bond donors (Lipinski definition) is 1. The van der Waals surface area contributed by atoms with E-state index in [0.717, 1.165) is 43.0 Å². The van der Waals surface area contributed by atoms with Gasteiger partial charge in [-0.15, -0.1) is 0 Å². The lowest BCUT2D eigenvalue weighted by molar-refractivity contribution is 0.210. The van der Waals surface area contributed by atoms with Crippen LogP contribution >= 0.6 is 0 Å². The Kier molecular flexibility index (Phi) is 5.82. The zero-order valence-corrected chi connectivity index (χ0v) is 15.3. The van der Waals surface area contributed by atoms with Crippen molar-refractivity contribution in [3.63, 3.8) is 0 Å². The highest BCUT2D eigenvalue weighted by Gasteiger charge is 2.23. The van der Waals surface area contributed by atoms with Gasteiger partial charge in [-0.3, -0.25) is 0 Å². The van der Waals surface area contributed by atoms with Crippen LogP contribution < -0.4 is 14.8 Å². The summed E-state index contributed by atoms with van der Waals surface area (Å²) < 4.78 is 15.9. The van der Waals surface area contributed by atoms with Crippen molar-refractivity contribution < 1.29 is 14.2 Å². The van der Waals surface area contributed by atoms with E-state index in [2.05, 4.69) is 41.7 Å². The average Bonchev–Trinajstić information content (AvgIpc) is 2.67.